The summed E-state index contributed by atoms with van der Waals surface area (Å²) in [5.74, 6) is 1.04. The molecule has 0 bridgehead atoms. The van der Waals surface area contributed by atoms with E-state index in [1.807, 2.05) is 26.2 Å². The lowest BCUT2D eigenvalue weighted by molar-refractivity contribution is 0.0313. The van der Waals surface area contributed by atoms with Crippen molar-refractivity contribution in [3.8, 4) is 0 Å². The highest BCUT2D eigenvalue weighted by Crippen LogP contribution is 2.06. The molecular formula is C11H20N2O2. The summed E-state index contributed by atoms with van der Waals surface area (Å²) >= 11 is 0. The van der Waals surface area contributed by atoms with Crippen molar-refractivity contribution in [3.05, 3.63) is 24.2 Å². The van der Waals surface area contributed by atoms with Gasteiger partial charge < -0.3 is 14.5 Å². The van der Waals surface area contributed by atoms with Gasteiger partial charge in [-0.2, -0.15) is 0 Å². The second kappa shape index (κ2) is 7.45. The van der Waals surface area contributed by atoms with Crippen molar-refractivity contribution >= 4 is 0 Å². The predicted octanol–water partition coefficient (Wildman–Crippen LogP) is 0.947. The maximum atomic E-state index is 5.25. The third-order valence-electron chi connectivity index (χ3n) is 2.06. The van der Waals surface area contributed by atoms with Crippen molar-refractivity contribution in [2.45, 2.75) is 6.54 Å². The van der Waals surface area contributed by atoms with Gasteiger partial charge in [-0.3, -0.25) is 4.90 Å². The molecule has 4 nitrogen and oxygen atoms in total. The second-order valence-corrected chi connectivity index (χ2v) is 3.47. The molecule has 86 valence electrons. The van der Waals surface area contributed by atoms with Crippen molar-refractivity contribution in [2.75, 3.05) is 40.4 Å². The van der Waals surface area contributed by atoms with E-state index in [0.717, 1.165) is 38.6 Å². The number of furan rings is 1. The molecule has 15 heavy (non-hydrogen) atoms. The van der Waals surface area contributed by atoms with Crippen molar-refractivity contribution in [1.29, 1.82) is 0 Å². The number of nitrogens with one attached hydrogen (secondary N) is 1. The van der Waals surface area contributed by atoms with E-state index in [2.05, 4.69) is 10.2 Å². The molecule has 0 unspecified atom stereocenters. The minimum atomic E-state index is 0.848. The lowest BCUT2D eigenvalue weighted by atomic mass is 10.3. The average molecular weight is 212 g/mol. The summed E-state index contributed by atoms with van der Waals surface area (Å²) in [6.45, 7) is 4.64. The van der Waals surface area contributed by atoms with Gasteiger partial charge >= 0.3 is 0 Å². The number of morpholine rings is 1. The zero-order valence-corrected chi connectivity index (χ0v) is 9.53. The monoisotopic (exact) mass is 212 g/mol. The highest BCUT2D eigenvalue weighted by molar-refractivity contribution is 4.97. The smallest absolute Gasteiger partial charge is 0.117 e. The fourth-order valence-corrected chi connectivity index (χ4v) is 1.38. The van der Waals surface area contributed by atoms with Crippen LogP contribution in [0.3, 0.4) is 0 Å². The van der Waals surface area contributed by atoms with Crippen LogP contribution >= 0.6 is 0 Å². The molecule has 1 saturated heterocycles. The van der Waals surface area contributed by atoms with Crippen LogP contribution in [0, 0.1) is 0 Å². The first kappa shape index (κ1) is 12.2. The second-order valence-electron chi connectivity index (χ2n) is 3.47. The minimum absolute atomic E-state index is 0.848. The van der Waals surface area contributed by atoms with E-state index in [9.17, 15) is 0 Å². The van der Waals surface area contributed by atoms with Gasteiger partial charge in [0, 0.05) is 13.1 Å². The van der Waals surface area contributed by atoms with Gasteiger partial charge in [0.05, 0.1) is 26.0 Å². The van der Waals surface area contributed by atoms with E-state index in [4.69, 9.17) is 9.15 Å². The van der Waals surface area contributed by atoms with Gasteiger partial charge in [-0.15, -0.1) is 0 Å². The number of rotatable bonds is 2. The molecule has 2 heterocycles. The summed E-state index contributed by atoms with van der Waals surface area (Å²) in [4.78, 5) is 2.34. The van der Waals surface area contributed by atoms with Crippen LogP contribution in [0.4, 0.5) is 0 Å². The van der Waals surface area contributed by atoms with Gasteiger partial charge in [-0.05, 0) is 26.2 Å². The number of hydrogen-bond acceptors (Lipinski definition) is 4. The molecule has 1 aromatic rings. The maximum absolute atomic E-state index is 5.25. The zero-order valence-electron chi connectivity index (χ0n) is 9.53. The van der Waals surface area contributed by atoms with Crippen LogP contribution < -0.4 is 5.32 Å². The Morgan fingerprint density at radius 3 is 2.53 bits per heavy atom. The molecule has 0 saturated carbocycles. The van der Waals surface area contributed by atoms with Crippen LogP contribution in [0.25, 0.3) is 0 Å². The molecule has 0 aromatic carbocycles. The topological polar surface area (TPSA) is 37.6 Å². The Hall–Kier alpha value is -0.840. The Kier molecular flexibility index (Phi) is 6.08. The Morgan fingerprint density at radius 1 is 1.33 bits per heavy atom. The molecule has 1 aliphatic heterocycles. The van der Waals surface area contributed by atoms with Crippen LogP contribution in [0.1, 0.15) is 5.76 Å². The Balaban J connectivity index is 0.000000337. The lowest BCUT2D eigenvalue weighted by Crippen LogP contribution is -2.35. The normalized spacial score (nSPS) is 16.9. The lowest BCUT2D eigenvalue weighted by Gasteiger charge is -2.25. The van der Waals surface area contributed by atoms with Crippen molar-refractivity contribution in [2.24, 2.45) is 0 Å². The summed E-state index contributed by atoms with van der Waals surface area (Å²) < 4.78 is 10.5. The summed E-state index contributed by atoms with van der Waals surface area (Å²) in [6.07, 6.45) is 1.72. The third-order valence-corrected chi connectivity index (χ3v) is 2.06. The van der Waals surface area contributed by atoms with E-state index in [1.54, 1.807) is 6.26 Å². The Morgan fingerprint density at radius 2 is 2.00 bits per heavy atom. The van der Waals surface area contributed by atoms with E-state index in [0.29, 0.717) is 0 Å². The summed E-state index contributed by atoms with van der Waals surface area (Å²) in [7, 11) is 3.75. The van der Waals surface area contributed by atoms with Crippen LogP contribution in [0.2, 0.25) is 0 Å². The Labute approximate surface area is 91.2 Å². The molecule has 0 radical (unpaired) electrons. The highest BCUT2D eigenvalue weighted by Gasteiger charge is 2.11. The fourth-order valence-electron chi connectivity index (χ4n) is 1.38. The molecule has 0 amide bonds. The first-order chi connectivity index (χ1) is 7.36. The van der Waals surface area contributed by atoms with Gasteiger partial charge in [0.25, 0.3) is 0 Å². The Bertz CT molecular complexity index is 231. The van der Waals surface area contributed by atoms with Gasteiger partial charge in [-0.1, -0.05) is 0 Å². The highest BCUT2D eigenvalue weighted by atomic mass is 16.5. The van der Waals surface area contributed by atoms with Gasteiger partial charge in [0.1, 0.15) is 5.76 Å². The van der Waals surface area contributed by atoms with E-state index < -0.39 is 0 Å². The van der Waals surface area contributed by atoms with Crippen LogP contribution in [0.15, 0.2) is 22.8 Å². The SMILES string of the molecule is CNC.c1coc(CN2CCOCC2)c1. The van der Waals surface area contributed by atoms with Crippen molar-refractivity contribution in [3.63, 3.8) is 0 Å². The standard InChI is InChI=1S/C9H13NO2.C2H7N/c1-2-9(12-5-1)8-10-3-6-11-7-4-10;1-3-2/h1-2,5H,3-4,6-8H2;3H,1-2H3. The molecule has 0 spiro atoms. The first-order valence-corrected chi connectivity index (χ1v) is 5.27. The number of hydrogen-bond donors (Lipinski definition) is 1. The molecule has 0 aliphatic carbocycles. The van der Waals surface area contributed by atoms with Crippen LogP contribution in [-0.4, -0.2) is 45.3 Å². The van der Waals surface area contributed by atoms with E-state index in [1.165, 1.54) is 0 Å². The summed E-state index contributed by atoms with van der Waals surface area (Å²) in [5.41, 5.74) is 0. The number of ether oxygens (including phenoxy) is 1. The summed E-state index contributed by atoms with van der Waals surface area (Å²) in [6, 6.07) is 3.94. The van der Waals surface area contributed by atoms with Crippen molar-refractivity contribution in [1.82, 2.24) is 10.2 Å². The molecule has 1 aliphatic rings. The fraction of sp³-hybridized carbons (Fsp3) is 0.636. The molecule has 0 atom stereocenters. The van der Waals surface area contributed by atoms with E-state index >= 15 is 0 Å². The predicted molar refractivity (Wildman–Crippen MR) is 59.8 cm³/mol. The average Bonchev–Trinajstić information content (AvgIpc) is 2.73. The maximum Gasteiger partial charge on any atom is 0.117 e. The van der Waals surface area contributed by atoms with Gasteiger partial charge in [-0.25, -0.2) is 0 Å². The quantitative estimate of drug-likeness (QED) is 0.792. The molecule has 1 fully saturated rings. The summed E-state index contributed by atoms with van der Waals surface area (Å²) in [5, 5.41) is 2.75. The minimum Gasteiger partial charge on any atom is -0.468 e. The molecule has 2 rings (SSSR count). The third kappa shape index (κ3) is 4.97. The van der Waals surface area contributed by atoms with Gasteiger partial charge in [0.15, 0.2) is 0 Å². The molecule has 1 aromatic heterocycles. The molecular weight excluding hydrogens is 192 g/mol. The van der Waals surface area contributed by atoms with E-state index in [-0.39, 0.29) is 0 Å². The molecule has 4 heteroatoms. The largest absolute Gasteiger partial charge is 0.468 e. The number of nitrogens with zero attached hydrogens (tertiary/aromatic N) is 1. The van der Waals surface area contributed by atoms with Gasteiger partial charge in [0.2, 0.25) is 0 Å². The van der Waals surface area contributed by atoms with Crippen LogP contribution in [0.5, 0.6) is 0 Å². The first-order valence-electron chi connectivity index (χ1n) is 5.27. The van der Waals surface area contributed by atoms with Crippen molar-refractivity contribution < 1.29 is 9.15 Å². The van der Waals surface area contributed by atoms with Crippen LogP contribution in [-0.2, 0) is 11.3 Å². The molecule has 1 N–H and O–H groups in total. The zero-order chi connectivity index (χ0) is 10.9.